The van der Waals surface area contributed by atoms with Crippen LogP contribution in [-0.4, -0.2) is 24.2 Å². The van der Waals surface area contributed by atoms with Gasteiger partial charge in [-0.05, 0) is 24.0 Å². The van der Waals surface area contributed by atoms with E-state index in [4.69, 9.17) is 0 Å². The zero-order chi connectivity index (χ0) is 11.8. The minimum atomic E-state index is -1.43. The lowest BCUT2D eigenvalue weighted by Crippen LogP contribution is -2.41. The van der Waals surface area contributed by atoms with Crippen LogP contribution in [-0.2, 0) is 27.2 Å². The van der Waals surface area contributed by atoms with Crippen LogP contribution in [0.4, 0.5) is 0 Å². The monoisotopic (exact) mass is 220 g/mol. The van der Waals surface area contributed by atoms with Gasteiger partial charge in [0.1, 0.15) is 0 Å². The van der Waals surface area contributed by atoms with E-state index in [1.807, 2.05) is 24.3 Å². The van der Waals surface area contributed by atoms with Gasteiger partial charge < -0.3 is 9.84 Å². The molecule has 0 fully saturated rings. The third-order valence-electron chi connectivity index (χ3n) is 3.09. The van der Waals surface area contributed by atoms with Crippen molar-refractivity contribution >= 4 is 11.9 Å². The Hall–Kier alpha value is -1.84. The molecule has 4 heteroatoms. The highest BCUT2D eigenvalue weighted by molar-refractivity contribution is 6.00. The van der Waals surface area contributed by atoms with E-state index in [-0.39, 0.29) is 12.8 Å². The molecule has 0 saturated carbocycles. The van der Waals surface area contributed by atoms with Crippen LogP contribution in [0.3, 0.4) is 0 Å². The standard InChI is InChI=1S/C12H12O4/c1-16-11(15)12(10(13)14)6-8-4-2-3-5-9(8)7-12/h2-5H,6-7H2,1H3,(H,13,14). The Bertz CT molecular complexity index is 425. The molecule has 0 aromatic heterocycles. The summed E-state index contributed by atoms with van der Waals surface area (Å²) in [7, 11) is 1.22. The molecule has 0 bridgehead atoms. The number of benzene rings is 1. The Morgan fingerprint density at radius 2 is 1.75 bits per heavy atom. The summed E-state index contributed by atoms with van der Waals surface area (Å²) in [6.07, 6.45) is 0.427. The smallest absolute Gasteiger partial charge is 0.323 e. The molecule has 4 nitrogen and oxygen atoms in total. The average molecular weight is 220 g/mol. The Labute approximate surface area is 92.8 Å². The summed E-state index contributed by atoms with van der Waals surface area (Å²) in [5, 5.41) is 9.24. The molecule has 0 aliphatic heterocycles. The molecule has 0 heterocycles. The van der Waals surface area contributed by atoms with Crippen molar-refractivity contribution in [3.05, 3.63) is 35.4 Å². The first kappa shape index (κ1) is 10.7. The lowest BCUT2D eigenvalue weighted by molar-refractivity contribution is -0.166. The number of hydrogen-bond donors (Lipinski definition) is 1. The quantitative estimate of drug-likeness (QED) is 0.597. The van der Waals surface area contributed by atoms with Crippen LogP contribution >= 0.6 is 0 Å². The van der Waals surface area contributed by atoms with Crippen LogP contribution in [0.5, 0.6) is 0 Å². The Morgan fingerprint density at radius 1 is 1.25 bits per heavy atom. The summed E-state index contributed by atoms with van der Waals surface area (Å²) >= 11 is 0. The maximum Gasteiger partial charge on any atom is 0.323 e. The van der Waals surface area contributed by atoms with Gasteiger partial charge in [-0.15, -0.1) is 0 Å². The molecule has 0 atom stereocenters. The van der Waals surface area contributed by atoms with Gasteiger partial charge in [0.2, 0.25) is 0 Å². The first-order valence-electron chi connectivity index (χ1n) is 4.99. The first-order valence-corrected chi connectivity index (χ1v) is 4.99. The second kappa shape index (κ2) is 3.63. The average Bonchev–Trinajstić information content (AvgIpc) is 2.68. The van der Waals surface area contributed by atoms with Crippen molar-refractivity contribution in [1.82, 2.24) is 0 Å². The van der Waals surface area contributed by atoms with E-state index in [1.165, 1.54) is 7.11 Å². The zero-order valence-corrected chi connectivity index (χ0v) is 8.90. The summed E-state index contributed by atoms with van der Waals surface area (Å²) in [5.41, 5.74) is 0.393. The second-order valence-electron chi connectivity index (χ2n) is 4.00. The van der Waals surface area contributed by atoms with Crippen molar-refractivity contribution in [2.45, 2.75) is 12.8 Å². The molecule has 1 aliphatic rings. The molecule has 1 N–H and O–H groups in total. The first-order chi connectivity index (χ1) is 7.60. The SMILES string of the molecule is COC(=O)C1(C(=O)O)Cc2ccccc2C1. The van der Waals surface area contributed by atoms with Crippen molar-refractivity contribution in [2.75, 3.05) is 7.11 Å². The molecule has 0 radical (unpaired) electrons. The van der Waals surface area contributed by atoms with Gasteiger partial charge in [-0.25, -0.2) is 0 Å². The van der Waals surface area contributed by atoms with Crippen LogP contribution in [0.2, 0.25) is 0 Å². The lowest BCUT2D eigenvalue weighted by atomic mass is 9.85. The van der Waals surface area contributed by atoms with Gasteiger partial charge in [0.05, 0.1) is 7.11 Å². The van der Waals surface area contributed by atoms with Crippen LogP contribution in [0.15, 0.2) is 24.3 Å². The summed E-state index contributed by atoms with van der Waals surface area (Å²) < 4.78 is 4.61. The maximum absolute atomic E-state index is 11.6. The van der Waals surface area contributed by atoms with Gasteiger partial charge >= 0.3 is 11.9 Å². The number of carbonyl (C=O) groups excluding carboxylic acids is 1. The number of hydrogen-bond acceptors (Lipinski definition) is 3. The van der Waals surface area contributed by atoms with Gasteiger partial charge in [0.15, 0.2) is 5.41 Å². The van der Waals surface area contributed by atoms with Crippen molar-refractivity contribution in [2.24, 2.45) is 5.41 Å². The van der Waals surface area contributed by atoms with E-state index in [9.17, 15) is 14.7 Å². The molecule has 16 heavy (non-hydrogen) atoms. The number of carboxylic acid groups (broad SMARTS) is 1. The third-order valence-corrected chi connectivity index (χ3v) is 3.09. The molecule has 0 saturated heterocycles. The highest BCUT2D eigenvalue weighted by Gasteiger charge is 2.51. The van der Waals surface area contributed by atoms with Crippen molar-refractivity contribution in [3.8, 4) is 0 Å². The number of carbonyl (C=O) groups is 2. The molecule has 1 aliphatic carbocycles. The predicted molar refractivity (Wildman–Crippen MR) is 55.9 cm³/mol. The molecular weight excluding hydrogens is 208 g/mol. The topological polar surface area (TPSA) is 63.6 Å². The Balaban J connectivity index is 2.42. The van der Waals surface area contributed by atoms with E-state index >= 15 is 0 Å². The summed E-state index contributed by atoms with van der Waals surface area (Å²) in [4.78, 5) is 22.9. The number of carboxylic acids is 1. The Morgan fingerprint density at radius 3 is 2.12 bits per heavy atom. The van der Waals surface area contributed by atoms with Crippen LogP contribution in [0.1, 0.15) is 11.1 Å². The molecule has 1 aromatic carbocycles. The van der Waals surface area contributed by atoms with E-state index in [0.29, 0.717) is 0 Å². The van der Waals surface area contributed by atoms with E-state index < -0.39 is 17.4 Å². The largest absolute Gasteiger partial charge is 0.480 e. The van der Waals surface area contributed by atoms with Gasteiger partial charge in [-0.3, -0.25) is 9.59 Å². The van der Waals surface area contributed by atoms with Crippen molar-refractivity contribution in [3.63, 3.8) is 0 Å². The molecule has 0 amide bonds. The van der Waals surface area contributed by atoms with Crippen LogP contribution < -0.4 is 0 Å². The minimum Gasteiger partial charge on any atom is -0.480 e. The number of methoxy groups -OCH3 is 1. The molecule has 1 aromatic rings. The number of esters is 1. The van der Waals surface area contributed by atoms with E-state index in [1.54, 1.807) is 0 Å². The van der Waals surface area contributed by atoms with Gasteiger partial charge in [-0.2, -0.15) is 0 Å². The van der Waals surface area contributed by atoms with Gasteiger partial charge in [0, 0.05) is 0 Å². The second-order valence-corrected chi connectivity index (χ2v) is 4.00. The molecule has 0 unspecified atom stereocenters. The number of ether oxygens (including phenoxy) is 1. The highest BCUT2D eigenvalue weighted by Crippen LogP contribution is 2.38. The molecule has 0 spiro atoms. The summed E-state index contributed by atoms with van der Waals surface area (Å²) in [6.45, 7) is 0. The molecular formula is C12H12O4. The van der Waals surface area contributed by atoms with Gasteiger partial charge in [-0.1, -0.05) is 24.3 Å². The highest BCUT2D eigenvalue weighted by atomic mass is 16.5. The Kier molecular flexibility index (Phi) is 2.42. The van der Waals surface area contributed by atoms with E-state index in [2.05, 4.69) is 4.74 Å². The predicted octanol–water partition coefficient (Wildman–Crippen LogP) is 1.03. The lowest BCUT2D eigenvalue weighted by Gasteiger charge is -2.20. The van der Waals surface area contributed by atoms with Crippen molar-refractivity contribution < 1.29 is 19.4 Å². The fourth-order valence-electron chi connectivity index (χ4n) is 2.19. The number of aliphatic carboxylic acids is 1. The third kappa shape index (κ3) is 1.38. The van der Waals surface area contributed by atoms with Crippen molar-refractivity contribution in [1.29, 1.82) is 0 Å². The summed E-state index contributed by atoms with van der Waals surface area (Å²) in [5.74, 6) is -1.79. The van der Waals surface area contributed by atoms with Crippen LogP contribution in [0.25, 0.3) is 0 Å². The maximum atomic E-state index is 11.6. The normalized spacial score (nSPS) is 16.6. The molecule has 84 valence electrons. The van der Waals surface area contributed by atoms with Crippen LogP contribution in [0, 0.1) is 5.41 Å². The van der Waals surface area contributed by atoms with E-state index in [0.717, 1.165) is 11.1 Å². The number of rotatable bonds is 2. The fourth-order valence-corrected chi connectivity index (χ4v) is 2.19. The van der Waals surface area contributed by atoms with Gasteiger partial charge in [0.25, 0.3) is 0 Å². The number of fused-ring (bicyclic) bond motifs is 1. The zero-order valence-electron chi connectivity index (χ0n) is 8.90. The fraction of sp³-hybridized carbons (Fsp3) is 0.333. The molecule has 2 rings (SSSR count). The summed E-state index contributed by atoms with van der Waals surface area (Å²) in [6, 6.07) is 7.38. The minimum absolute atomic E-state index is 0.213.